The molecule has 1 N–H and O–H groups in total. The Morgan fingerprint density at radius 2 is 1.83 bits per heavy atom. The molecule has 0 aromatic rings. The second-order valence-corrected chi connectivity index (χ2v) is 5.13. The lowest BCUT2D eigenvalue weighted by molar-refractivity contribution is 0.0126. The zero-order valence-electron chi connectivity index (χ0n) is 7.72. The number of hydrogen-bond acceptors (Lipinski definition) is 1. The molecule has 0 aromatic carbocycles. The summed E-state index contributed by atoms with van der Waals surface area (Å²) < 4.78 is 0. The summed E-state index contributed by atoms with van der Waals surface area (Å²) in [7, 11) is 0. The Morgan fingerprint density at radius 1 is 1.25 bits per heavy atom. The molecule has 0 aliphatic heterocycles. The molecule has 70 valence electrons. The molecule has 0 spiro atoms. The second kappa shape index (κ2) is 2.74. The maximum Gasteiger partial charge on any atom is 0.187 e. The normalized spacial score (nSPS) is 49.0. The van der Waals surface area contributed by atoms with Crippen LogP contribution in [0.3, 0.4) is 0 Å². The van der Waals surface area contributed by atoms with Gasteiger partial charge in [0.1, 0.15) is 0 Å². The molecule has 0 aromatic heterocycles. The summed E-state index contributed by atoms with van der Waals surface area (Å²) >= 11 is 0. The first-order valence-corrected chi connectivity index (χ1v) is 4.66. The fraction of sp³-hybridized carbons (Fsp3) is 1.00. The van der Waals surface area contributed by atoms with Crippen molar-refractivity contribution < 1.29 is 5.11 Å². The third kappa shape index (κ3) is 0.953. The van der Waals surface area contributed by atoms with Crippen molar-refractivity contribution in [3.63, 3.8) is 0 Å². The maximum absolute atomic E-state index is 9.81. The zero-order chi connectivity index (χ0) is 8.28. The topological polar surface area (TPSA) is 20.2 Å². The van der Waals surface area contributed by atoms with E-state index >= 15 is 0 Å². The van der Waals surface area contributed by atoms with Crippen molar-refractivity contribution in [1.29, 1.82) is 0 Å². The summed E-state index contributed by atoms with van der Waals surface area (Å²) in [5, 5.41) is 9.81. The van der Waals surface area contributed by atoms with Crippen molar-refractivity contribution in [1.82, 2.24) is 0 Å². The van der Waals surface area contributed by atoms with Crippen molar-refractivity contribution in [3.8, 4) is 0 Å². The van der Waals surface area contributed by atoms with Gasteiger partial charge in [0, 0.05) is 0 Å². The second-order valence-electron chi connectivity index (χ2n) is 5.13. The third-order valence-electron chi connectivity index (χ3n) is 4.75. The monoisotopic (exact) mass is 184 g/mol. The molecule has 0 heterocycles. The predicted molar refractivity (Wildman–Crippen MR) is 55.2 cm³/mol. The number of aliphatic hydroxyl groups excluding tert-OH is 1. The van der Waals surface area contributed by atoms with Crippen LogP contribution in [0.5, 0.6) is 0 Å². The number of hydrogen-bond donors (Lipinski definition) is 1. The Morgan fingerprint density at radius 3 is 2.00 bits per heavy atom. The molecule has 0 amide bonds. The van der Waals surface area contributed by atoms with Crippen molar-refractivity contribution in [2.24, 2.45) is 16.7 Å². The van der Waals surface area contributed by atoms with Gasteiger partial charge in [-0.1, -0.05) is 20.8 Å². The van der Waals surface area contributed by atoms with E-state index in [-0.39, 0.29) is 28.9 Å². The minimum atomic E-state index is -0.0313. The highest BCUT2D eigenvalue weighted by molar-refractivity contribution is 5.75. The van der Waals surface area contributed by atoms with Crippen LogP contribution in [0.1, 0.15) is 40.0 Å². The minimum absolute atomic E-state index is 0. The molecule has 2 fully saturated rings. The predicted octanol–water partition coefficient (Wildman–Crippen LogP) is 1.01. The Labute approximate surface area is 85.7 Å². The van der Waals surface area contributed by atoms with E-state index < -0.39 is 0 Å². The van der Waals surface area contributed by atoms with Gasteiger partial charge in [0.25, 0.3) is 0 Å². The maximum atomic E-state index is 9.81. The van der Waals surface area contributed by atoms with E-state index in [1.165, 1.54) is 12.8 Å². The van der Waals surface area contributed by atoms with Gasteiger partial charge in [-0.05, 0) is 36.0 Å². The van der Waals surface area contributed by atoms with Gasteiger partial charge in [-0.3, -0.25) is 0 Å². The van der Waals surface area contributed by atoms with Crippen LogP contribution in [0.15, 0.2) is 0 Å². The van der Waals surface area contributed by atoms with Crippen molar-refractivity contribution in [2.75, 3.05) is 0 Å². The lowest BCUT2D eigenvalue weighted by Gasteiger charge is -2.36. The van der Waals surface area contributed by atoms with Gasteiger partial charge in [0.05, 0.1) is 6.10 Å². The quantitative estimate of drug-likeness (QED) is 0.557. The fourth-order valence-corrected chi connectivity index (χ4v) is 3.16. The summed E-state index contributed by atoms with van der Waals surface area (Å²) in [6, 6.07) is 0. The van der Waals surface area contributed by atoms with Crippen LogP contribution in [0.2, 0.25) is 0 Å². The molecule has 3 atom stereocenters. The third-order valence-corrected chi connectivity index (χ3v) is 4.75. The molecule has 0 saturated heterocycles. The number of aliphatic hydroxyl groups is 1. The van der Waals surface area contributed by atoms with E-state index in [9.17, 15) is 5.11 Å². The molecule has 2 bridgehead atoms. The molecule has 2 heteroatoms. The van der Waals surface area contributed by atoms with E-state index in [2.05, 4.69) is 20.8 Å². The van der Waals surface area contributed by atoms with E-state index in [1.54, 1.807) is 0 Å². The molecule has 2 rings (SSSR count). The van der Waals surface area contributed by atoms with Crippen LogP contribution in [0, 0.1) is 16.7 Å². The van der Waals surface area contributed by atoms with E-state index in [4.69, 9.17) is 0 Å². The van der Waals surface area contributed by atoms with Gasteiger partial charge in [-0.2, -0.15) is 0 Å². The summed E-state index contributed by atoms with van der Waals surface area (Å²) in [6.45, 7) is 6.90. The summed E-state index contributed by atoms with van der Waals surface area (Å²) in [5.74, 6) is 0.780. The highest BCUT2D eigenvalue weighted by atomic mass is 27.0. The van der Waals surface area contributed by atoms with Gasteiger partial charge in [-0.15, -0.1) is 0 Å². The fourth-order valence-electron chi connectivity index (χ4n) is 3.16. The number of fused-ring (bicyclic) bond motifs is 2. The molecule has 0 radical (unpaired) electrons. The van der Waals surface area contributed by atoms with Crippen LogP contribution in [-0.4, -0.2) is 28.6 Å². The molecule has 2 aliphatic rings. The van der Waals surface area contributed by atoms with Crippen molar-refractivity contribution in [3.05, 3.63) is 0 Å². The Kier molecular flexibility index (Phi) is 2.41. The van der Waals surface area contributed by atoms with Crippen LogP contribution in [0.4, 0.5) is 0 Å². The first-order valence-electron chi connectivity index (χ1n) is 4.66. The zero-order valence-corrected chi connectivity index (χ0v) is 7.72. The summed E-state index contributed by atoms with van der Waals surface area (Å²) in [6.07, 6.45) is 3.58. The average Bonchev–Trinajstić information content (AvgIpc) is 2.20. The lowest BCUT2D eigenvalue weighted by atomic mass is 9.70. The van der Waals surface area contributed by atoms with Crippen molar-refractivity contribution in [2.45, 2.75) is 46.1 Å². The van der Waals surface area contributed by atoms with Gasteiger partial charge in [0.2, 0.25) is 0 Å². The minimum Gasteiger partial charge on any atom is -0.393 e. The molecule has 0 unspecified atom stereocenters. The molecule has 12 heavy (non-hydrogen) atoms. The van der Waals surface area contributed by atoms with Gasteiger partial charge in [0.15, 0.2) is 17.4 Å². The summed E-state index contributed by atoms with van der Waals surface area (Å²) in [4.78, 5) is 0. The van der Waals surface area contributed by atoms with Crippen LogP contribution >= 0.6 is 0 Å². The highest BCUT2D eigenvalue weighted by Gasteiger charge is 2.60. The molecule has 2 saturated carbocycles. The van der Waals surface area contributed by atoms with Gasteiger partial charge < -0.3 is 5.11 Å². The van der Waals surface area contributed by atoms with Gasteiger partial charge in [-0.25, -0.2) is 0 Å². The van der Waals surface area contributed by atoms with Crippen LogP contribution in [0.25, 0.3) is 0 Å². The van der Waals surface area contributed by atoms with Crippen LogP contribution < -0.4 is 0 Å². The Bertz CT molecular complexity index is 190. The largest absolute Gasteiger partial charge is 0.393 e. The smallest absolute Gasteiger partial charge is 0.187 e. The molecule has 1 nitrogen and oxygen atoms in total. The molecular weight excluding hydrogens is 163 g/mol. The molecular formula is C10H21AlO. The molecule has 2 aliphatic carbocycles. The standard InChI is InChI=1S/C10H18O.Al.3H/c1-9(2)7-4-5-10(9,3)8(11)6-7;;;;/h7-8,11H,4-6H2,1-3H3;;;;/t7-,8+,10-;;;;/m1..../s1. The highest BCUT2D eigenvalue weighted by Crippen LogP contribution is 2.65. The van der Waals surface area contributed by atoms with E-state index in [0.29, 0.717) is 5.41 Å². The van der Waals surface area contributed by atoms with Crippen molar-refractivity contribution >= 4 is 17.4 Å². The first kappa shape index (κ1) is 10.6. The summed E-state index contributed by atoms with van der Waals surface area (Å²) in [5.41, 5.74) is 0.601. The van der Waals surface area contributed by atoms with Crippen LogP contribution in [-0.2, 0) is 0 Å². The van der Waals surface area contributed by atoms with E-state index in [0.717, 1.165) is 12.3 Å². The first-order chi connectivity index (χ1) is 4.98. The van der Waals surface area contributed by atoms with Gasteiger partial charge >= 0.3 is 0 Å². The average molecular weight is 184 g/mol. The lowest BCUT2D eigenvalue weighted by Crippen LogP contribution is -2.35. The SMILES string of the molecule is CC1(C)[C@@H]2CC[C@]1(C)[C@@H](O)C2.[AlH3]. The Balaban J connectivity index is 0.000000720. The van der Waals surface area contributed by atoms with E-state index in [1.807, 2.05) is 0 Å². The Hall–Kier alpha value is 0.492. The number of rotatable bonds is 0.